The van der Waals surface area contributed by atoms with Gasteiger partial charge in [0.1, 0.15) is 0 Å². The Bertz CT molecular complexity index is 240. The second kappa shape index (κ2) is 10.6. The van der Waals surface area contributed by atoms with Crippen LogP contribution in [0.25, 0.3) is 0 Å². The van der Waals surface area contributed by atoms with Crippen LogP contribution in [0, 0.1) is 5.92 Å². The van der Waals surface area contributed by atoms with Crippen LogP contribution in [0.1, 0.15) is 57.8 Å². The van der Waals surface area contributed by atoms with Gasteiger partial charge in [0.05, 0.1) is 13.2 Å². The first-order valence-electron chi connectivity index (χ1n) is 7.56. The number of ether oxygens (including phenoxy) is 1. The van der Waals surface area contributed by atoms with Crippen LogP contribution < -0.4 is 0 Å². The monoisotopic (exact) mass is 288 g/mol. The summed E-state index contributed by atoms with van der Waals surface area (Å²) in [5.41, 5.74) is 0. The maximum absolute atomic E-state index is 10.9. The number of hydrogen-bond donors (Lipinski definition) is 1. The molecule has 3 nitrogen and oxygen atoms in total. The van der Waals surface area contributed by atoms with Crippen molar-refractivity contribution >= 4 is 17.7 Å². The van der Waals surface area contributed by atoms with E-state index in [1.165, 1.54) is 39.2 Å². The molecule has 1 saturated carbocycles. The molecule has 0 aromatic heterocycles. The normalized spacial score (nSPS) is 18.2. The van der Waals surface area contributed by atoms with Crippen molar-refractivity contribution in [3.05, 3.63) is 0 Å². The molecule has 4 heteroatoms. The summed E-state index contributed by atoms with van der Waals surface area (Å²) >= 11 is 1.85. The number of carbonyl (C=O) groups excluding carboxylic acids is 1. The second-order valence-electron chi connectivity index (χ2n) is 5.43. The molecule has 1 fully saturated rings. The number of carbonyl (C=O) groups is 1. The van der Waals surface area contributed by atoms with Gasteiger partial charge < -0.3 is 9.84 Å². The molecule has 0 amide bonds. The van der Waals surface area contributed by atoms with Gasteiger partial charge in [-0.1, -0.05) is 25.7 Å². The maximum atomic E-state index is 10.9. The minimum atomic E-state index is -0.111. The summed E-state index contributed by atoms with van der Waals surface area (Å²) in [6, 6.07) is 0. The lowest BCUT2D eigenvalue weighted by molar-refractivity contribution is -0.140. The van der Waals surface area contributed by atoms with Crippen LogP contribution in [0.15, 0.2) is 0 Å². The number of rotatable bonds is 9. The Kier molecular flexibility index (Phi) is 9.35. The van der Waals surface area contributed by atoms with Crippen LogP contribution in [-0.2, 0) is 9.53 Å². The van der Waals surface area contributed by atoms with Crippen LogP contribution in [0.4, 0.5) is 0 Å². The van der Waals surface area contributed by atoms with Crippen LogP contribution in [0.5, 0.6) is 0 Å². The van der Waals surface area contributed by atoms with E-state index in [1.807, 2.05) is 11.8 Å². The van der Waals surface area contributed by atoms with Crippen molar-refractivity contribution in [1.29, 1.82) is 0 Å². The quantitative estimate of drug-likeness (QED) is 0.522. The van der Waals surface area contributed by atoms with Crippen molar-refractivity contribution in [1.82, 2.24) is 0 Å². The summed E-state index contributed by atoms with van der Waals surface area (Å²) in [6.07, 6.45) is 9.88. The third-order valence-corrected chi connectivity index (χ3v) is 5.03. The Hall–Kier alpha value is -0.220. The zero-order valence-corrected chi connectivity index (χ0v) is 12.9. The largest absolute Gasteiger partial charge is 0.469 e. The van der Waals surface area contributed by atoms with Crippen LogP contribution in [-0.4, -0.2) is 35.8 Å². The van der Waals surface area contributed by atoms with Crippen LogP contribution in [0.2, 0.25) is 0 Å². The Morgan fingerprint density at radius 2 is 2.00 bits per heavy atom. The van der Waals surface area contributed by atoms with E-state index >= 15 is 0 Å². The van der Waals surface area contributed by atoms with Crippen LogP contribution in [0.3, 0.4) is 0 Å². The Balaban J connectivity index is 1.91. The van der Waals surface area contributed by atoms with Gasteiger partial charge in [-0.3, -0.25) is 4.79 Å². The van der Waals surface area contributed by atoms with Gasteiger partial charge in [0.2, 0.25) is 0 Å². The fourth-order valence-electron chi connectivity index (χ4n) is 2.61. The van der Waals surface area contributed by atoms with Gasteiger partial charge in [0, 0.05) is 12.2 Å². The lowest BCUT2D eigenvalue weighted by atomic mass is 9.86. The van der Waals surface area contributed by atoms with Gasteiger partial charge in [-0.15, -0.1) is 0 Å². The lowest BCUT2D eigenvalue weighted by Gasteiger charge is -2.26. The summed E-state index contributed by atoms with van der Waals surface area (Å²) < 4.78 is 4.60. The highest BCUT2D eigenvalue weighted by molar-refractivity contribution is 7.99. The first-order valence-corrected chi connectivity index (χ1v) is 8.72. The highest BCUT2D eigenvalue weighted by Crippen LogP contribution is 2.28. The molecule has 0 spiro atoms. The van der Waals surface area contributed by atoms with Gasteiger partial charge in [-0.05, 0) is 37.4 Å². The fraction of sp³-hybridized carbons (Fsp3) is 0.933. The van der Waals surface area contributed by atoms with E-state index in [9.17, 15) is 9.90 Å². The number of aliphatic hydroxyl groups is 1. The zero-order valence-electron chi connectivity index (χ0n) is 12.1. The molecule has 1 N–H and O–H groups in total. The predicted octanol–water partition coefficient (Wildman–Crippen LogP) is 3.39. The third kappa shape index (κ3) is 7.83. The molecule has 1 rings (SSSR count). The number of esters is 1. The van der Waals surface area contributed by atoms with Gasteiger partial charge in [0.15, 0.2) is 0 Å². The summed E-state index contributed by atoms with van der Waals surface area (Å²) in [6.45, 7) is 0. The molecule has 0 aromatic rings. The van der Waals surface area contributed by atoms with E-state index < -0.39 is 0 Å². The molecular weight excluding hydrogens is 260 g/mol. The third-order valence-electron chi connectivity index (χ3n) is 3.88. The Morgan fingerprint density at radius 3 is 2.68 bits per heavy atom. The van der Waals surface area contributed by atoms with E-state index in [0.717, 1.165) is 30.8 Å². The lowest BCUT2D eigenvalue weighted by Crippen LogP contribution is -2.25. The number of aliphatic hydroxyl groups excluding tert-OH is 1. The minimum Gasteiger partial charge on any atom is -0.469 e. The zero-order chi connectivity index (χ0) is 13.9. The summed E-state index contributed by atoms with van der Waals surface area (Å²) in [5.74, 6) is 2.40. The highest BCUT2D eigenvalue weighted by Gasteiger charge is 2.21. The average Bonchev–Trinajstić information content (AvgIpc) is 2.46. The van der Waals surface area contributed by atoms with Gasteiger partial charge >= 0.3 is 5.97 Å². The predicted molar refractivity (Wildman–Crippen MR) is 80.4 cm³/mol. The second-order valence-corrected chi connectivity index (χ2v) is 6.58. The van der Waals surface area contributed by atoms with Crippen molar-refractivity contribution in [2.75, 3.05) is 18.6 Å². The molecule has 1 aliphatic rings. The Morgan fingerprint density at radius 1 is 1.26 bits per heavy atom. The van der Waals surface area contributed by atoms with E-state index in [4.69, 9.17) is 0 Å². The van der Waals surface area contributed by atoms with E-state index in [2.05, 4.69) is 4.74 Å². The fourth-order valence-corrected chi connectivity index (χ4v) is 3.70. The summed E-state index contributed by atoms with van der Waals surface area (Å²) in [5, 5.41) is 10.1. The van der Waals surface area contributed by atoms with E-state index in [1.54, 1.807) is 0 Å². The molecular formula is C15H28O3S. The molecule has 0 bridgehead atoms. The smallest absolute Gasteiger partial charge is 0.305 e. The van der Waals surface area contributed by atoms with E-state index in [0.29, 0.717) is 12.3 Å². The standard InChI is InChI=1S/C15H28O3S/c1-18-15(17)10-6-3-7-11-19-12-14(16)13-8-4-2-5-9-13/h13-14,16H,2-12H2,1H3. The van der Waals surface area contributed by atoms with Gasteiger partial charge in [0.25, 0.3) is 0 Å². The molecule has 1 aliphatic carbocycles. The number of methoxy groups -OCH3 is 1. The summed E-state index contributed by atoms with van der Waals surface area (Å²) in [4.78, 5) is 10.9. The first-order chi connectivity index (χ1) is 9.24. The number of hydrogen-bond acceptors (Lipinski definition) is 4. The Labute approximate surface area is 121 Å². The molecule has 0 radical (unpaired) electrons. The van der Waals surface area contributed by atoms with Gasteiger partial charge in [-0.2, -0.15) is 11.8 Å². The molecule has 0 saturated heterocycles. The molecule has 1 unspecified atom stereocenters. The topological polar surface area (TPSA) is 46.5 Å². The van der Waals surface area contributed by atoms with E-state index in [-0.39, 0.29) is 12.1 Å². The molecule has 112 valence electrons. The molecule has 19 heavy (non-hydrogen) atoms. The minimum absolute atomic E-state index is 0.111. The first kappa shape index (κ1) is 16.8. The van der Waals surface area contributed by atoms with Gasteiger partial charge in [-0.25, -0.2) is 0 Å². The number of thioether (sulfide) groups is 1. The molecule has 0 heterocycles. The number of unbranched alkanes of at least 4 members (excludes halogenated alkanes) is 2. The molecule has 0 aliphatic heterocycles. The molecule has 1 atom stereocenters. The van der Waals surface area contributed by atoms with Crippen molar-refractivity contribution < 1.29 is 14.6 Å². The van der Waals surface area contributed by atoms with Crippen molar-refractivity contribution in [2.24, 2.45) is 5.92 Å². The maximum Gasteiger partial charge on any atom is 0.305 e. The van der Waals surface area contributed by atoms with Crippen molar-refractivity contribution in [2.45, 2.75) is 63.9 Å². The highest BCUT2D eigenvalue weighted by atomic mass is 32.2. The SMILES string of the molecule is COC(=O)CCCCCSCC(O)C1CCCCC1. The van der Waals surface area contributed by atoms with Crippen molar-refractivity contribution in [3.63, 3.8) is 0 Å². The summed E-state index contributed by atoms with van der Waals surface area (Å²) in [7, 11) is 1.44. The molecule has 0 aromatic carbocycles. The van der Waals surface area contributed by atoms with Crippen molar-refractivity contribution in [3.8, 4) is 0 Å². The average molecular weight is 288 g/mol. The van der Waals surface area contributed by atoms with Crippen LogP contribution >= 0.6 is 11.8 Å².